The van der Waals surface area contributed by atoms with E-state index in [1.165, 1.54) is 12.4 Å². The second kappa shape index (κ2) is 16.0. The molecule has 4 aromatic heterocycles. The number of aromatic nitrogens is 6. The van der Waals surface area contributed by atoms with Crippen LogP contribution in [0.25, 0.3) is 20.8 Å². The lowest BCUT2D eigenvalue weighted by Crippen LogP contribution is -2.00. The first-order valence-corrected chi connectivity index (χ1v) is 10.4. The third kappa shape index (κ3) is 10.9. The van der Waals surface area contributed by atoms with Gasteiger partial charge in [-0.05, 0) is 53.0 Å². The molecule has 0 atom stereocenters. The van der Waals surface area contributed by atoms with Crippen molar-refractivity contribution in [1.82, 2.24) is 29.9 Å². The Hall–Kier alpha value is -3.68. The third-order valence-corrected chi connectivity index (χ3v) is 4.30. The van der Waals surface area contributed by atoms with Gasteiger partial charge < -0.3 is 19.4 Å². The Labute approximate surface area is 221 Å². The Morgan fingerprint density at radius 3 is 1.80 bits per heavy atom. The molecule has 1 N–H and O–H groups in total. The molecule has 0 spiro atoms. The molecule has 0 aliphatic carbocycles. The van der Waals surface area contributed by atoms with Crippen LogP contribution >= 0.6 is 39.1 Å². The van der Waals surface area contributed by atoms with Crippen LogP contribution in [0.4, 0.5) is 11.6 Å². The zero-order valence-electron chi connectivity index (χ0n) is 16.9. The van der Waals surface area contributed by atoms with E-state index in [4.69, 9.17) is 41.4 Å². The van der Waals surface area contributed by atoms with Gasteiger partial charge in [0, 0.05) is 22.4 Å². The molecule has 14 heteroatoms. The van der Waals surface area contributed by atoms with Gasteiger partial charge in [-0.3, -0.25) is 0 Å². The highest BCUT2D eigenvalue weighted by atomic mass is 79.9. The van der Waals surface area contributed by atoms with E-state index in [0.29, 0.717) is 25.1 Å². The van der Waals surface area contributed by atoms with Gasteiger partial charge in [-0.1, -0.05) is 36.5 Å². The fraction of sp³-hybridized carbons (Fsp3) is 0.0476. The molecule has 0 saturated carbocycles. The Morgan fingerprint density at radius 1 is 0.800 bits per heavy atom. The summed E-state index contributed by atoms with van der Waals surface area (Å²) >= 11 is 14.2. The van der Waals surface area contributed by atoms with Crippen LogP contribution in [0.5, 0.6) is 5.75 Å². The van der Waals surface area contributed by atoms with Gasteiger partial charge >= 0.3 is 7.69 Å². The quantitative estimate of drug-likeness (QED) is 0.186. The van der Waals surface area contributed by atoms with E-state index < -0.39 is 0 Å². The van der Waals surface area contributed by atoms with Gasteiger partial charge in [-0.25, -0.2) is 19.9 Å². The van der Waals surface area contributed by atoms with E-state index in [1.54, 1.807) is 49.1 Å². The Bertz CT molecular complexity index is 1290. The lowest BCUT2D eigenvalue weighted by Gasteiger charge is -1.99. The zero-order valence-corrected chi connectivity index (χ0v) is 20.0. The number of hydrogen-bond acceptors (Lipinski definition) is 8. The van der Waals surface area contributed by atoms with Crippen molar-refractivity contribution in [2.75, 3.05) is 0 Å². The first-order chi connectivity index (χ1) is 16.4. The van der Waals surface area contributed by atoms with Crippen LogP contribution in [0, 0.1) is 13.1 Å². The van der Waals surface area contributed by atoms with Crippen molar-refractivity contribution in [1.29, 1.82) is 0 Å². The van der Waals surface area contributed by atoms with Crippen molar-refractivity contribution < 1.29 is 9.68 Å². The lowest BCUT2D eigenvalue weighted by molar-refractivity contribution is 0.451. The van der Waals surface area contributed by atoms with Gasteiger partial charge in [0.15, 0.2) is 0 Å². The molecule has 0 saturated heterocycles. The van der Waals surface area contributed by atoms with Gasteiger partial charge in [-0.15, -0.1) is 9.97 Å². The maximum Gasteiger partial charge on any atom is 0.569 e. The normalized spacial score (nSPS) is 8.86. The molecule has 0 amide bonds. The summed E-state index contributed by atoms with van der Waals surface area (Å²) < 4.78 is 5.40. The minimum atomic E-state index is 0. The molecule has 4 rings (SSSR count). The smallest absolute Gasteiger partial charge is 0.535 e. The van der Waals surface area contributed by atoms with Crippen molar-refractivity contribution in [3.63, 3.8) is 0 Å². The summed E-state index contributed by atoms with van der Waals surface area (Å²) in [5.41, 5.74) is 1.67. The average Bonchev–Trinajstić information content (AvgIpc) is 2.87. The van der Waals surface area contributed by atoms with E-state index in [2.05, 4.69) is 60.2 Å². The fourth-order valence-corrected chi connectivity index (χ4v) is 2.52. The maximum absolute atomic E-state index is 8.15. The molecule has 35 heavy (non-hydrogen) atoms. The third-order valence-electron chi connectivity index (χ3n) is 3.42. The predicted octanol–water partition coefficient (Wildman–Crippen LogP) is 5.81. The van der Waals surface area contributed by atoms with Gasteiger partial charge in [-0.2, -0.15) is 0 Å². The summed E-state index contributed by atoms with van der Waals surface area (Å²) in [6, 6.07) is 6.93. The summed E-state index contributed by atoms with van der Waals surface area (Å²) in [5, 5.41) is 8.50. The molecule has 175 valence electrons. The summed E-state index contributed by atoms with van der Waals surface area (Å²) in [6.07, 6.45) is 9.09. The number of halogens is 3. The summed E-state index contributed by atoms with van der Waals surface area (Å²) in [4.78, 5) is 29.0. The molecule has 0 fully saturated rings. The molecule has 10 nitrogen and oxygen atoms in total. The second-order valence-electron chi connectivity index (χ2n) is 5.61. The first-order valence-electron chi connectivity index (χ1n) is 8.85. The zero-order chi connectivity index (χ0) is 24.8. The number of nitrogens with zero attached hydrogens (tertiary/aromatic N) is 8. The molecule has 0 aromatic carbocycles. The van der Waals surface area contributed by atoms with Crippen molar-refractivity contribution >= 4 is 58.5 Å². The standard InChI is InChI=1S/C10H5ClN4.C6H3BrN2.C4H3BClN2O2.CH4/c1-12-9-4-7(2-3-13-9)8-5-14-10(11)15-6-8;1-8-6-4-5(7)2-3-9-6;6-4-7-1-3(2-8-4)10-5-9;/h2-6H;2-4H;1-2,9H;1H4. The highest BCUT2D eigenvalue weighted by Crippen LogP contribution is 2.21. The Balaban J connectivity index is 0.000000271. The van der Waals surface area contributed by atoms with Gasteiger partial charge in [0.1, 0.15) is 18.1 Å². The van der Waals surface area contributed by atoms with Crippen LogP contribution in [-0.2, 0) is 0 Å². The molecule has 0 bridgehead atoms. The molecule has 4 heterocycles. The molecule has 1 radical (unpaired) electrons. The molecule has 0 unspecified atom stereocenters. The molecule has 4 aromatic rings. The number of rotatable bonds is 3. The van der Waals surface area contributed by atoms with Crippen LogP contribution in [0.1, 0.15) is 7.43 Å². The lowest BCUT2D eigenvalue weighted by atomic mass is 10.1. The van der Waals surface area contributed by atoms with Gasteiger partial charge in [0.2, 0.25) is 10.6 Å². The van der Waals surface area contributed by atoms with Crippen LogP contribution in [0.2, 0.25) is 10.6 Å². The maximum atomic E-state index is 8.15. The fourth-order valence-electron chi connectivity index (χ4n) is 2.00. The second-order valence-corrected chi connectivity index (χ2v) is 7.20. The van der Waals surface area contributed by atoms with Crippen molar-refractivity contribution in [3.05, 3.63) is 99.3 Å². The van der Waals surface area contributed by atoms with E-state index >= 15 is 0 Å². The first kappa shape index (κ1) is 29.4. The minimum absolute atomic E-state index is 0. The highest BCUT2D eigenvalue weighted by molar-refractivity contribution is 9.10. The van der Waals surface area contributed by atoms with E-state index in [9.17, 15) is 0 Å². The molecule has 0 aliphatic heterocycles. The van der Waals surface area contributed by atoms with E-state index in [0.717, 1.165) is 15.6 Å². The average molecular weight is 573 g/mol. The van der Waals surface area contributed by atoms with Crippen LogP contribution in [-0.4, -0.2) is 42.6 Å². The number of hydrogen-bond donors (Lipinski definition) is 1. The van der Waals surface area contributed by atoms with Gasteiger partial charge in [0.25, 0.3) is 11.6 Å². The Kier molecular flexibility index (Phi) is 13.5. The van der Waals surface area contributed by atoms with Crippen LogP contribution < -0.4 is 4.65 Å². The molecular formula is C21H15BBrCl2N8O2. The van der Waals surface area contributed by atoms with E-state index in [-0.39, 0.29) is 18.0 Å². The summed E-state index contributed by atoms with van der Waals surface area (Å²) in [6.45, 7) is 13.4. The highest BCUT2D eigenvalue weighted by Gasteiger charge is 2.01. The molecule has 0 aliphatic rings. The topological polar surface area (TPSA) is 116 Å². The van der Waals surface area contributed by atoms with Crippen LogP contribution in [0.15, 0.2) is 65.9 Å². The monoisotopic (exact) mass is 571 g/mol. The Morgan fingerprint density at radius 2 is 1.31 bits per heavy atom. The SMILES string of the molecule is C.O[B]Oc1cnc(Cl)nc1.[C-]#[N+]c1cc(-c2cnc(Cl)nc2)ccn1.[C-]#[N+]c1cc(Br)ccn1. The number of pyridine rings is 2. The largest absolute Gasteiger partial charge is 0.569 e. The van der Waals surface area contributed by atoms with Crippen molar-refractivity contribution in [2.45, 2.75) is 7.43 Å². The van der Waals surface area contributed by atoms with Crippen molar-refractivity contribution in [3.8, 4) is 16.9 Å². The summed E-state index contributed by atoms with van der Waals surface area (Å²) in [7, 11) is 0.548. The van der Waals surface area contributed by atoms with Gasteiger partial charge in [0.05, 0.1) is 12.4 Å². The summed E-state index contributed by atoms with van der Waals surface area (Å²) in [5.74, 6) is 1.11. The van der Waals surface area contributed by atoms with E-state index in [1.807, 2.05) is 0 Å². The minimum Gasteiger partial charge on any atom is -0.535 e. The predicted molar refractivity (Wildman–Crippen MR) is 137 cm³/mol. The molecular weight excluding hydrogens is 558 g/mol. The van der Waals surface area contributed by atoms with Crippen LogP contribution in [0.3, 0.4) is 0 Å². The van der Waals surface area contributed by atoms with Crippen molar-refractivity contribution in [2.24, 2.45) is 0 Å².